The molecule has 6 heteroatoms. The van der Waals surface area contributed by atoms with E-state index in [4.69, 9.17) is 16.3 Å². The van der Waals surface area contributed by atoms with Gasteiger partial charge in [-0.15, -0.1) is 0 Å². The quantitative estimate of drug-likeness (QED) is 0.897. The molecule has 0 saturated carbocycles. The fraction of sp³-hybridized carbons (Fsp3) is 0.562. The SMILES string of the molecule is O=C(NC1CCOC1c1ccc(Cl)cc1)N1CCC[C@H]1CO. The molecule has 2 aliphatic rings. The van der Waals surface area contributed by atoms with E-state index < -0.39 is 0 Å². The molecule has 0 bridgehead atoms. The van der Waals surface area contributed by atoms with Crippen molar-refractivity contribution in [1.29, 1.82) is 0 Å². The van der Waals surface area contributed by atoms with Crippen LogP contribution in [-0.2, 0) is 4.74 Å². The van der Waals surface area contributed by atoms with E-state index in [1.54, 1.807) is 4.90 Å². The predicted octanol–water partition coefficient (Wildman–Crippen LogP) is 2.34. The maximum Gasteiger partial charge on any atom is 0.318 e. The van der Waals surface area contributed by atoms with Gasteiger partial charge < -0.3 is 20.1 Å². The molecule has 1 aromatic rings. The summed E-state index contributed by atoms with van der Waals surface area (Å²) >= 11 is 5.92. The molecule has 5 nitrogen and oxygen atoms in total. The third kappa shape index (κ3) is 3.21. The molecular weight excluding hydrogens is 304 g/mol. The molecule has 3 rings (SSSR count). The number of aliphatic hydroxyl groups is 1. The average Bonchev–Trinajstić information content (AvgIpc) is 3.16. The molecule has 0 radical (unpaired) electrons. The van der Waals surface area contributed by atoms with E-state index in [1.165, 1.54) is 0 Å². The topological polar surface area (TPSA) is 61.8 Å². The molecule has 2 saturated heterocycles. The van der Waals surface area contributed by atoms with E-state index in [0.717, 1.165) is 24.8 Å². The molecular formula is C16H21ClN2O3. The molecule has 2 N–H and O–H groups in total. The Balaban J connectivity index is 1.66. The van der Waals surface area contributed by atoms with Crippen molar-refractivity contribution in [2.75, 3.05) is 19.8 Å². The molecule has 3 atom stereocenters. The van der Waals surface area contributed by atoms with Crippen molar-refractivity contribution in [3.05, 3.63) is 34.9 Å². The Bertz CT molecular complexity index is 523. The van der Waals surface area contributed by atoms with Crippen molar-refractivity contribution in [3.63, 3.8) is 0 Å². The van der Waals surface area contributed by atoms with E-state index in [9.17, 15) is 9.90 Å². The summed E-state index contributed by atoms with van der Waals surface area (Å²) in [6.45, 7) is 1.35. The van der Waals surface area contributed by atoms with Crippen LogP contribution in [-0.4, -0.2) is 47.9 Å². The highest BCUT2D eigenvalue weighted by Crippen LogP contribution is 2.30. The van der Waals surface area contributed by atoms with Gasteiger partial charge in [0.05, 0.1) is 18.7 Å². The summed E-state index contributed by atoms with van der Waals surface area (Å²) in [5, 5.41) is 13.1. The van der Waals surface area contributed by atoms with Gasteiger partial charge in [0.2, 0.25) is 0 Å². The molecule has 1 aromatic carbocycles. The van der Waals surface area contributed by atoms with Gasteiger partial charge in [0.1, 0.15) is 6.10 Å². The number of carbonyl (C=O) groups excluding carboxylic acids is 1. The first-order valence-electron chi connectivity index (χ1n) is 7.74. The minimum Gasteiger partial charge on any atom is -0.394 e. The van der Waals surface area contributed by atoms with Crippen LogP contribution in [0.3, 0.4) is 0 Å². The first kappa shape index (κ1) is 15.6. The number of ether oxygens (including phenoxy) is 1. The largest absolute Gasteiger partial charge is 0.394 e. The zero-order chi connectivity index (χ0) is 15.5. The molecule has 0 aromatic heterocycles. The summed E-state index contributed by atoms with van der Waals surface area (Å²) in [6.07, 6.45) is 2.46. The number of hydrogen-bond acceptors (Lipinski definition) is 3. The van der Waals surface area contributed by atoms with Crippen LogP contribution < -0.4 is 5.32 Å². The molecule has 2 fully saturated rings. The maximum absolute atomic E-state index is 12.4. The number of hydrogen-bond donors (Lipinski definition) is 2. The number of likely N-dealkylation sites (tertiary alicyclic amines) is 1. The Morgan fingerprint density at radius 2 is 2.14 bits per heavy atom. The van der Waals surface area contributed by atoms with Crippen molar-refractivity contribution in [3.8, 4) is 0 Å². The Labute approximate surface area is 135 Å². The third-order valence-corrected chi connectivity index (χ3v) is 4.70. The van der Waals surface area contributed by atoms with Gasteiger partial charge in [-0.3, -0.25) is 0 Å². The molecule has 2 unspecified atom stereocenters. The molecule has 120 valence electrons. The highest BCUT2D eigenvalue weighted by molar-refractivity contribution is 6.30. The van der Waals surface area contributed by atoms with E-state index in [-0.39, 0.29) is 30.8 Å². The van der Waals surface area contributed by atoms with Crippen molar-refractivity contribution in [2.45, 2.75) is 37.5 Å². The first-order chi connectivity index (χ1) is 10.7. The van der Waals surface area contributed by atoms with Gasteiger partial charge in [0, 0.05) is 18.2 Å². The second-order valence-electron chi connectivity index (χ2n) is 5.86. The second-order valence-corrected chi connectivity index (χ2v) is 6.30. The summed E-state index contributed by atoms with van der Waals surface area (Å²) in [4.78, 5) is 14.2. The fourth-order valence-electron chi connectivity index (χ4n) is 3.25. The van der Waals surface area contributed by atoms with Gasteiger partial charge in [0.15, 0.2) is 0 Å². The van der Waals surface area contributed by atoms with Crippen LogP contribution in [0.5, 0.6) is 0 Å². The van der Waals surface area contributed by atoms with Crippen LogP contribution in [0.25, 0.3) is 0 Å². The number of amides is 2. The lowest BCUT2D eigenvalue weighted by atomic mass is 10.0. The minimum atomic E-state index is -0.142. The zero-order valence-electron chi connectivity index (χ0n) is 12.4. The van der Waals surface area contributed by atoms with Crippen LogP contribution in [0, 0.1) is 0 Å². The number of nitrogens with one attached hydrogen (secondary N) is 1. The van der Waals surface area contributed by atoms with Crippen molar-refractivity contribution in [1.82, 2.24) is 10.2 Å². The van der Waals surface area contributed by atoms with E-state index in [1.807, 2.05) is 24.3 Å². The first-order valence-corrected chi connectivity index (χ1v) is 8.12. The summed E-state index contributed by atoms with van der Waals surface area (Å²) in [5.41, 5.74) is 1.02. The predicted molar refractivity (Wildman–Crippen MR) is 83.9 cm³/mol. The average molecular weight is 325 g/mol. The Morgan fingerprint density at radius 3 is 2.86 bits per heavy atom. The Hall–Kier alpha value is -1.30. The molecule has 22 heavy (non-hydrogen) atoms. The normalized spacial score (nSPS) is 28.1. The molecule has 2 aliphatic heterocycles. The van der Waals surface area contributed by atoms with Crippen molar-refractivity contribution >= 4 is 17.6 Å². The molecule has 2 heterocycles. The summed E-state index contributed by atoms with van der Waals surface area (Å²) in [5.74, 6) is 0. The smallest absolute Gasteiger partial charge is 0.318 e. The van der Waals surface area contributed by atoms with Gasteiger partial charge in [-0.05, 0) is 37.0 Å². The lowest BCUT2D eigenvalue weighted by Gasteiger charge is -2.27. The minimum absolute atomic E-state index is 0.0230. The lowest BCUT2D eigenvalue weighted by Crippen LogP contribution is -2.48. The number of benzene rings is 1. The third-order valence-electron chi connectivity index (χ3n) is 4.45. The Kier molecular flexibility index (Phi) is 4.86. The van der Waals surface area contributed by atoms with Crippen LogP contribution in [0.2, 0.25) is 5.02 Å². The Morgan fingerprint density at radius 1 is 1.36 bits per heavy atom. The van der Waals surface area contributed by atoms with Crippen LogP contribution in [0.4, 0.5) is 4.79 Å². The second kappa shape index (κ2) is 6.86. The van der Waals surface area contributed by atoms with Gasteiger partial charge in [-0.1, -0.05) is 23.7 Å². The number of rotatable bonds is 3. The standard InChI is InChI=1S/C16H21ClN2O3/c17-12-5-3-11(4-6-12)15-14(7-9-22-15)18-16(21)19-8-1-2-13(19)10-20/h3-6,13-15,20H,1-2,7-10H2,(H,18,21)/t13-,14?,15?/m0/s1. The highest BCUT2D eigenvalue weighted by Gasteiger charge is 2.34. The van der Waals surface area contributed by atoms with Gasteiger partial charge in [-0.2, -0.15) is 0 Å². The summed E-state index contributed by atoms with van der Waals surface area (Å²) in [6, 6.07) is 7.32. The molecule has 0 spiro atoms. The van der Waals surface area contributed by atoms with Gasteiger partial charge >= 0.3 is 6.03 Å². The van der Waals surface area contributed by atoms with Crippen LogP contribution in [0.15, 0.2) is 24.3 Å². The monoisotopic (exact) mass is 324 g/mol. The van der Waals surface area contributed by atoms with E-state index in [2.05, 4.69) is 5.32 Å². The van der Waals surface area contributed by atoms with Crippen LogP contribution >= 0.6 is 11.6 Å². The molecule has 2 amide bonds. The van der Waals surface area contributed by atoms with Crippen molar-refractivity contribution < 1.29 is 14.6 Å². The maximum atomic E-state index is 12.4. The molecule has 0 aliphatic carbocycles. The zero-order valence-corrected chi connectivity index (χ0v) is 13.1. The fourth-order valence-corrected chi connectivity index (χ4v) is 3.38. The van der Waals surface area contributed by atoms with Gasteiger partial charge in [-0.25, -0.2) is 4.79 Å². The number of aliphatic hydroxyl groups excluding tert-OH is 1. The summed E-state index contributed by atoms with van der Waals surface area (Å²) in [7, 11) is 0. The number of carbonyl (C=O) groups is 1. The van der Waals surface area contributed by atoms with Crippen LogP contribution in [0.1, 0.15) is 30.9 Å². The lowest BCUT2D eigenvalue weighted by molar-refractivity contribution is 0.0965. The van der Waals surface area contributed by atoms with Crippen molar-refractivity contribution in [2.24, 2.45) is 0 Å². The van der Waals surface area contributed by atoms with E-state index >= 15 is 0 Å². The summed E-state index contributed by atoms with van der Waals surface area (Å²) < 4.78 is 5.78. The highest BCUT2D eigenvalue weighted by atomic mass is 35.5. The van der Waals surface area contributed by atoms with Gasteiger partial charge in [0.25, 0.3) is 0 Å². The number of nitrogens with zero attached hydrogens (tertiary/aromatic N) is 1. The van der Waals surface area contributed by atoms with E-state index in [0.29, 0.717) is 18.2 Å². The number of halogens is 1. The number of urea groups is 1.